The first-order valence-corrected chi connectivity index (χ1v) is 18.8. The summed E-state index contributed by atoms with van der Waals surface area (Å²) < 4.78 is 9.29. The quantitative estimate of drug-likeness (QED) is 0.178. The summed E-state index contributed by atoms with van der Waals surface area (Å²) in [6.07, 6.45) is 0. The highest BCUT2D eigenvalue weighted by atomic mass is 32.1. The van der Waals surface area contributed by atoms with Gasteiger partial charge in [0.2, 0.25) is 0 Å². The topological polar surface area (TPSA) is 16.4 Å². The Morgan fingerprint density at radius 2 is 0.906 bits per heavy atom. The zero-order valence-electron chi connectivity index (χ0n) is 28.7. The van der Waals surface area contributed by atoms with Gasteiger partial charge >= 0.3 is 0 Å². The maximum absolute atomic E-state index is 6.71. The first-order chi connectivity index (χ1) is 26.3. The molecule has 2 aromatic heterocycles. The highest BCUT2D eigenvalue weighted by molar-refractivity contribution is 7.26. The Labute approximate surface area is 310 Å². The largest absolute Gasteiger partial charge is 0.455 e. The van der Waals surface area contributed by atoms with E-state index >= 15 is 0 Å². The first-order valence-electron chi connectivity index (χ1n) is 18.0. The average Bonchev–Trinajstić information content (AvgIpc) is 3.81. The van der Waals surface area contributed by atoms with Crippen molar-refractivity contribution < 1.29 is 4.42 Å². The molecule has 0 aliphatic rings. The molecule has 3 heteroatoms. The van der Waals surface area contributed by atoms with Gasteiger partial charge in [0.05, 0.1) is 5.69 Å². The standard InChI is InChI=1S/C50H31NOS/c1-3-13-38-32(10-1)12-7-16-39(38)34-22-27-36(28-23-34)51(45-19-9-21-47-48(45)44-15-5-6-20-46(44)53-47)37-29-24-35(25-30-37)41-17-8-18-42-43-31-26-33-11-2-4-14-40(33)50(43)52-49(41)42/h1-31H. The molecule has 0 aliphatic heterocycles. The van der Waals surface area contributed by atoms with Crippen molar-refractivity contribution in [1.82, 2.24) is 0 Å². The molecule has 0 radical (unpaired) electrons. The van der Waals surface area contributed by atoms with Crippen LogP contribution in [0.1, 0.15) is 0 Å². The van der Waals surface area contributed by atoms with Crippen LogP contribution >= 0.6 is 11.3 Å². The third-order valence-corrected chi connectivity index (χ3v) is 11.8. The van der Waals surface area contributed by atoms with Crippen LogP contribution in [0.4, 0.5) is 17.1 Å². The third-order valence-electron chi connectivity index (χ3n) is 10.7. The summed E-state index contributed by atoms with van der Waals surface area (Å²) in [5, 5.41) is 9.66. The van der Waals surface area contributed by atoms with Crippen LogP contribution in [0, 0.1) is 0 Å². The smallest absolute Gasteiger partial charge is 0.143 e. The number of fused-ring (bicyclic) bond motifs is 9. The molecular formula is C50H31NOS. The second-order valence-corrected chi connectivity index (χ2v) is 14.7. The molecule has 0 bridgehead atoms. The van der Waals surface area contributed by atoms with Crippen LogP contribution in [0.5, 0.6) is 0 Å². The summed E-state index contributed by atoms with van der Waals surface area (Å²) >= 11 is 1.85. The van der Waals surface area contributed by atoms with Gasteiger partial charge in [-0.3, -0.25) is 0 Å². The van der Waals surface area contributed by atoms with Crippen LogP contribution in [0.25, 0.3) is 85.9 Å². The molecule has 11 aromatic rings. The summed E-state index contributed by atoms with van der Waals surface area (Å²) in [5.41, 5.74) is 9.87. The van der Waals surface area contributed by atoms with Crippen LogP contribution in [-0.4, -0.2) is 0 Å². The van der Waals surface area contributed by atoms with Gasteiger partial charge in [-0.25, -0.2) is 0 Å². The Hall–Kier alpha value is -6.68. The highest BCUT2D eigenvalue weighted by Crippen LogP contribution is 2.46. The van der Waals surface area contributed by atoms with Gasteiger partial charge < -0.3 is 9.32 Å². The monoisotopic (exact) mass is 693 g/mol. The van der Waals surface area contributed by atoms with E-state index < -0.39 is 0 Å². The van der Waals surface area contributed by atoms with E-state index in [2.05, 4.69) is 193 Å². The average molecular weight is 694 g/mol. The number of hydrogen-bond donors (Lipinski definition) is 0. The maximum Gasteiger partial charge on any atom is 0.143 e. The van der Waals surface area contributed by atoms with E-state index in [-0.39, 0.29) is 0 Å². The van der Waals surface area contributed by atoms with Crippen LogP contribution in [0.2, 0.25) is 0 Å². The number of furan rings is 1. The Balaban J connectivity index is 1.06. The number of thiophene rings is 1. The fraction of sp³-hybridized carbons (Fsp3) is 0. The van der Waals surface area contributed by atoms with Crippen molar-refractivity contribution in [2.75, 3.05) is 4.90 Å². The third kappa shape index (κ3) is 4.78. The molecule has 2 heterocycles. The van der Waals surface area contributed by atoms with E-state index in [1.54, 1.807) is 0 Å². The lowest BCUT2D eigenvalue weighted by Crippen LogP contribution is -2.10. The molecule has 0 saturated heterocycles. The lowest BCUT2D eigenvalue weighted by atomic mass is 9.98. The second kappa shape index (κ2) is 11.9. The van der Waals surface area contributed by atoms with Crippen molar-refractivity contribution in [3.8, 4) is 22.3 Å². The molecule has 0 spiro atoms. The minimum atomic E-state index is 0.919. The van der Waals surface area contributed by atoms with E-state index in [4.69, 9.17) is 4.42 Å². The normalized spacial score (nSPS) is 11.8. The predicted octanol–water partition coefficient (Wildman–Crippen LogP) is 15.1. The summed E-state index contributed by atoms with van der Waals surface area (Å²) in [7, 11) is 0. The molecule has 248 valence electrons. The van der Waals surface area contributed by atoms with E-state index in [1.807, 2.05) is 11.3 Å². The number of para-hydroxylation sites is 1. The molecule has 0 amide bonds. The van der Waals surface area contributed by atoms with E-state index in [9.17, 15) is 0 Å². The van der Waals surface area contributed by atoms with Crippen molar-refractivity contribution in [3.63, 3.8) is 0 Å². The van der Waals surface area contributed by atoms with E-state index in [0.717, 1.165) is 55.5 Å². The van der Waals surface area contributed by atoms with Gasteiger partial charge in [-0.1, -0.05) is 140 Å². The Morgan fingerprint density at radius 3 is 1.70 bits per heavy atom. The van der Waals surface area contributed by atoms with Crippen molar-refractivity contribution in [2.24, 2.45) is 0 Å². The van der Waals surface area contributed by atoms with Crippen LogP contribution in [0.3, 0.4) is 0 Å². The Bertz CT molecular complexity index is 3160. The molecular weight excluding hydrogens is 663 g/mol. The summed E-state index contributed by atoms with van der Waals surface area (Å²) in [6.45, 7) is 0. The fourth-order valence-electron chi connectivity index (χ4n) is 8.18. The number of rotatable bonds is 5. The van der Waals surface area contributed by atoms with Gasteiger partial charge in [0.15, 0.2) is 0 Å². The van der Waals surface area contributed by atoms with E-state index in [0.29, 0.717) is 0 Å². The van der Waals surface area contributed by atoms with Crippen LogP contribution in [0.15, 0.2) is 192 Å². The number of benzene rings is 9. The SMILES string of the molecule is c1ccc2c(-c3ccc(N(c4ccc(-c5cccc6c5oc5c7ccccc7ccc65)cc4)c4cccc5sc6ccccc6c45)cc3)cccc2c1. The van der Waals surface area contributed by atoms with Gasteiger partial charge in [-0.2, -0.15) is 0 Å². The molecule has 11 rings (SSSR count). The lowest BCUT2D eigenvalue weighted by Gasteiger charge is -2.27. The Kier molecular flexibility index (Phi) is 6.76. The molecule has 0 saturated carbocycles. The lowest BCUT2D eigenvalue weighted by molar-refractivity contribution is 0.674. The Morgan fingerprint density at radius 1 is 0.358 bits per heavy atom. The van der Waals surface area contributed by atoms with Crippen molar-refractivity contribution in [2.45, 2.75) is 0 Å². The van der Waals surface area contributed by atoms with Crippen LogP contribution < -0.4 is 4.90 Å². The maximum atomic E-state index is 6.71. The van der Waals surface area contributed by atoms with Gasteiger partial charge in [-0.05, 0) is 81.4 Å². The minimum absolute atomic E-state index is 0.919. The summed E-state index contributed by atoms with van der Waals surface area (Å²) in [6, 6.07) is 67.9. The van der Waals surface area contributed by atoms with Gasteiger partial charge in [-0.15, -0.1) is 11.3 Å². The van der Waals surface area contributed by atoms with E-state index in [1.165, 1.54) is 47.5 Å². The molecule has 0 atom stereocenters. The zero-order chi connectivity index (χ0) is 34.9. The second-order valence-electron chi connectivity index (χ2n) is 13.7. The zero-order valence-corrected chi connectivity index (χ0v) is 29.5. The molecule has 2 nitrogen and oxygen atoms in total. The van der Waals surface area contributed by atoms with Crippen molar-refractivity contribution in [3.05, 3.63) is 188 Å². The minimum Gasteiger partial charge on any atom is -0.455 e. The van der Waals surface area contributed by atoms with Crippen LogP contribution in [-0.2, 0) is 0 Å². The molecule has 53 heavy (non-hydrogen) atoms. The first kappa shape index (κ1) is 30.0. The highest BCUT2D eigenvalue weighted by Gasteiger charge is 2.20. The van der Waals surface area contributed by atoms with Gasteiger partial charge in [0.25, 0.3) is 0 Å². The molecule has 0 aliphatic carbocycles. The van der Waals surface area contributed by atoms with Crippen molar-refractivity contribution in [1.29, 1.82) is 0 Å². The predicted molar refractivity (Wildman–Crippen MR) is 227 cm³/mol. The molecule has 0 N–H and O–H groups in total. The molecule has 9 aromatic carbocycles. The number of anilines is 3. The summed E-state index contributed by atoms with van der Waals surface area (Å²) in [4.78, 5) is 2.41. The fourth-order valence-corrected chi connectivity index (χ4v) is 9.31. The summed E-state index contributed by atoms with van der Waals surface area (Å²) in [5.74, 6) is 0. The molecule has 0 unspecified atom stereocenters. The van der Waals surface area contributed by atoms with Gasteiger partial charge in [0.1, 0.15) is 11.2 Å². The molecule has 0 fully saturated rings. The van der Waals surface area contributed by atoms with Gasteiger partial charge in [0, 0.05) is 53.3 Å². The number of hydrogen-bond acceptors (Lipinski definition) is 3. The number of nitrogens with zero attached hydrogens (tertiary/aromatic N) is 1. The van der Waals surface area contributed by atoms with Crippen molar-refractivity contribution >= 4 is 92.1 Å².